The molecule has 34 heavy (non-hydrogen) atoms. The molecule has 0 bridgehead atoms. The van der Waals surface area contributed by atoms with Crippen LogP contribution in [-0.2, 0) is 11.5 Å². The number of halogens is 3. The van der Waals surface area contributed by atoms with E-state index in [1.807, 2.05) is 0 Å². The SMILES string of the molecule is C[Si](C)(C)CCOCn1cc(-c2ccccc2F)c2c(Oc3c(F)cc(N)cc3F)ccnc21. The number of anilines is 1. The average Bonchev–Trinajstić information content (AvgIpc) is 3.13. The van der Waals surface area contributed by atoms with Crippen LogP contribution in [0.5, 0.6) is 11.5 Å². The Kier molecular flexibility index (Phi) is 6.67. The Morgan fingerprint density at radius 1 is 0.971 bits per heavy atom. The summed E-state index contributed by atoms with van der Waals surface area (Å²) in [6.45, 7) is 7.56. The van der Waals surface area contributed by atoms with Gasteiger partial charge in [0.25, 0.3) is 0 Å². The highest BCUT2D eigenvalue weighted by molar-refractivity contribution is 6.76. The Morgan fingerprint density at radius 2 is 1.68 bits per heavy atom. The Morgan fingerprint density at radius 3 is 2.35 bits per heavy atom. The van der Waals surface area contributed by atoms with Gasteiger partial charge in [-0.25, -0.2) is 18.2 Å². The standard InChI is InChI=1S/C25H26F3N3O2Si/c1-34(2,3)11-10-32-15-31-14-18(17-6-4-5-7-19(17)26)23-22(8-9-30-25(23)31)33-24-20(27)12-16(29)13-21(24)28/h4-9,12-14H,10-11,15,29H2,1-3H3. The molecule has 0 atom stereocenters. The first-order chi connectivity index (χ1) is 16.1. The van der Waals surface area contributed by atoms with E-state index in [9.17, 15) is 13.2 Å². The topological polar surface area (TPSA) is 62.3 Å². The largest absolute Gasteiger partial charge is 0.450 e. The van der Waals surface area contributed by atoms with E-state index in [1.54, 1.807) is 29.0 Å². The quantitative estimate of drug-likeness (QED) is 0.169. The van der Waals surface area contributed by atoms with Gasteiger partial charge in [-0.05, 0) is 18.2 Å². The highest BCUT2D eigenvalue weighted by atomic mass is 28.3. The zero-order valence-corrected chi connectivity index (χ0v) is 20.2. The molecule has 0 amide bonds. The van der Waals surface area contributed by atoms with Gasteiger partial charge < -0.3 is 19.8 Å². The lowest BCUT2D eigenvalue weighted by Crippen LogP contribution is -2.22. The molecule has 0 spiro atoms. The molecule has 0 saturated heterocycles. The molecule has 5 nitrogen and oxygen atoms in total. The minimum atomic E-state index is -1.27. The molecule has 0 saturated carbocycles. The second-order valence-electron chi connectivity index (χ2n) is 9.26. The van der Waals surface area contributed by atoms with E-state index in [0.29, 0.717) is 28.8 Å². The van der Waals surface area contributed by atoms with Gasteiger partial charge in [0.15, 0.2) is 17.4 Å². The van der Waals surface area contributed by atoms with Gasteiger partial charge in [0.1, 0.15) is 23.9 Å². The highest BCUT2D eigenvalue weighted by Crippen LogP contribution is 2.40. The number of ether oxygens (including phenoxy) is 2. The van der Waals surface area contributed by atoms with E-state index in [0.717, 1.165) is 18.2 Å². The monoisotopic (exact) mass is 485 g/mol. The van der Waals surface area contributed by atoms with Gasteiger partial charge in [-0.2, -0.15) is 0 Å². The Balaban J connectivity index is 1.80. The summed E-state index contributed by atoms with van der Waals surface area (Å²) in [6.07, 6.45) is 3.18. The number of pyridine rings is 1. The van der Waals surface area contributed by atoms with Gasteiger partial charge in [-0.1, -0.05) is 37.8 Å². The van der Waals surface area contributed by atoms with E-state index in [4.69, 9.17) is 15.2 Å². The van der Waals surface area contributed by atoms with Crippen LogP contribution in [-0.4, -0.2) is 24.2 Å². The molecule has 178 valence electrons. The van der Waals surface area contributed by atoms with E-state index in [-0.39, 0.29) is 18.2 Å². The van der Waals surface area contributed by atoms with Crippen molar-refractivity contribution in [2.45, 2.75) is 32.4 Å². The van der Waals surface area contributed by atoms with Gasteiger partial charge in [0.2, 0.25) is 0 Å². The van der Waals surface area contributed by atoms with E-state index in [2.05, 4.69) is 24.6 Å². The second-order valence-corrected chi connectivity index (χ2v) is 14.9. The third-order valence-corrected chi connectivity index (χ3v) is 7.05. The summed E-state index contributed by atoms with van der Waals surface area (Å²) in [5.74, 6) is -2.79. The van der Waals surface area contributed by atoms with Crippen LogP contribution in [0.4, 0.5) is 18.9 Å². The normalized spacial score (nSPS) is 11.8. The summed E-state index contributed by atoms with van der Waals surface area (Å²) in [5, 5.41) is 0.414. The predicted octanol–water partition coefficient (Wildman–Crippen LogP) is 6.81. The number of aromatic nitrogens is 2. The molecule has 2 heterocycles. The van der Waals surface area contributed by atoms with Crippen molar-refractivity contribution in [1.29, 1.82) is 0 Å². The fourth-order valence-electron chi connectivity index (χ4n) is 3.58. The van der Waals surface area contributed by atoms with Crippen LogP contribution in [0.2, 0.25) is 25.7 Å². The average molecular weight is 486 g/mol. The Bertz CT molecular complexity index is 1310. The fraction of sp³-hybridized carbons (Fsp3) is 0.240. The number of nitrogens with two attached hydrogens (primary N) is 1. The Hall–Kier alpha value is -3.30. The zero-order valence-electron chi connectivity index (χ0n) is 19.2. The maximum Gasteiger partial charge on any atom is 0.198 e. The molecular formula is C25H26F3N3O2Si. The number of hydrogen-bond acceptors (Lipinski definition) is 4. The molecule has 2 aromatic carbocycles. The van der Waals surface area contributed by atoms with Crippen LogP contribution >= 0.6 is 0 Å². The maximum absolute atomic E-state index is 14.8. The van der Waals surface area contributed by atoms with E-state index >= 15 is 0 Å². The highest BCUT2D eigenvalue weighted by Gasteiger charge is 2.21. The van der Waals surface area contributed by atoms with Crippen molar-refractivity contribution < 1.29 is 22.6 Å². The van der Waals surface area contributed by atoms with Gasteiger partial charge in [-0.3, -0.25) is 0 Å². The van der Waals surface area contributed by atoms with Crippen LogP contribution in [0.3, 0.4) is 0 Å². The lowest BCUT2D eigenvalue weighted by molar-refractivity contribution is 0.0899. The van der Waals surface area contributed by atoms with E-state index in [1.165, 1.54) is 18.3 Å². The van der Waals surface area contributed by atoms with Crippen molar-refractivity contribution in [3.8, 4) is 22.6 Å². The second kappa shape index (κ2) is 9.52. The summed E-state index contributed by atoms with van der Waals surface area (Å²) in [4.78, 5) is 4.43. The lowest BCUT2D eigenvalue weighted by atomic mass is 10.0. The smallest absolute Gasteiger partial charge is 0.198 e. The number of hydrogen-bond donors (Lipinski definition) is 1. The third kappa shape index (κ3) is 5.10. The summed E-state index contributed by atoms with van der Waals surface area (Å²) >= 11 is 0. The molecule has 0 unspecified atom stereocenters. The molecule has 2 aromatic heterocycles. The van der Waals surface area contributed by atoms with Crippen LogP contribution in [0.25, 0.3) is 22.2 Å². The van der Waals surface area contributed by atoms with Gasteiger partial charge in [-0.15, -0.1) is 0 Å². The van der Waals surface area contributed by atoms with Gasteiger partial charge in [0, 0.05) is 56.0 Å². The summed E-state index contributed by atoms with van der Waals surface area (Å²) in [5.41, 5.74) is 6.68. The van der Waals surface area contributed by atoms with Gasteiger partial charge in [0.05, 0.1) is 5.39 Å². The number of benzene rings is 2. The zero-order chi connectivity index (χ0) is 24.5. The number of nitrogen functional groups attached to an aromatic ring is 1. The van der Waals surface area contributed by atoms with Crippen molar-refractivity contribution in [1.82, 2.24) is 9.55 Å². The maximum atomic E-state index is 14.8. The Labute approximate surface area is 197 Å². The molecule has 0 aliphatic carbocycles. The first-order valence-electron chi connectivity index (χ1n) is 10.9. The number of fused-ring (bicyclic) bond motifs is 1. The van der Waals surface area contributed by atoms with Crippen molar-refractivity contribution in [2.24, 2.45) is 0 Å². The summed E-state index contributed by atoms with van der Waals surface area (Å²) < 4.78 is 56.9. The lowest BCUT2D eigenvalue weighted by Gasteiger charge is -2.15. The molecule has 9 heteroatoms. The molecule has 0 fully saturated rings. The molecule has 4 aromatic rings. The van der Waals surface area contributed by atoms with Crippen LogP contribution in [0, 0.1) is 17.5 Å². The number of nitrogens with zero attached hydrogens (tertiary/aromatic N) is 2. The van der Waals surface area contributed by atoms with Crippen molar-refractivity contribution in [3.63, 3.8) is 0 Å². The minimum Gasteiger partial charge on any atom is -0.450 e. The van der Waals surface area contributed by atoms with Crippen LogP contribution < -0.4 is 10.5 Å². The first kappa shape index (κ1) is 23.8. The fourth-order valence-corrected chi connectivity index (χ4v) is 4.34. The van der Waals surface area contributed by atoms with Crippen LogP contribution in [0.15, 0.2) is 54.9 Å². The third-order valence-electron chi connectivity index (χ3n) is 5.34. The molecule has 2 N–H and O–H groups in total. The van der Waals surface area contributed by atoms with Crippen molar-refractivity contribution in [2.75, 3.05) is 12.3 Å². The molecule has 0 aliphatic heterocycles. The number of rotatable bonds is 8. The summed E-state index contributed by atoms with van der Waals surface area (Å²) in [7, 11) is -1.27. The van der Waals surface area contributed by atoms with Crippen LogP contribution in [0.1, 0.15) is 0 Å². The van der Waals surface area contributed by atoms with Crippen molar-refractivity contribution >= 4 is 24.8 Å². The van der Waals surface area contributed by atoms with E-state index < -0.39 is 31.3 Å². The molecule has 0 aliphatic rings. The molecular weight excluding hydrogens is 459 g/mol. The molecule has 0 radical (unpaired) electrons. The summed E-state index contributed by atoms with van der Waals surface area (Å²) in [6, 6.07) is 10.7. The van der Waals surface area contributed by atoms with Crippen molar-refractivity contribution in [3.05, 3.63) is 72.3 Å². The van der Waals surface area contributed by atoms with Gasteiger partial charge >= 0.3 is 0 Å². The minimum absolute atomic E-state index is 0.0594. The predicted molar refractivity (Wildman–Crippen MR) is 130 cm³/mol. The first-order valence-corrected chi connectivity index (χ1v) is 14.6. The molecule has 4 rings (SSSR count).